The van der Waals surface area contributed by atoms with Crippen LogP contribution in [-0.4, -0.2) is 34.7 Å². The highest BCUT2D eigenvalue weighted by atomic mass is 32.2. The summed E-state index contributed by atoms with van der Waals surface area (Å²) in [6.45, 7) is 2.09. The SMILES string of the molecule is CNC(CSc1nncn1C)c1cc(C)ccc1OC. The van der Waals surface area contributed by atoms with E-state index in [-0.39, 0.29) is 6.04 Å². The topological polar surface area (TPSA) is 52.0 Å². The average molecular weight is 292 g/mol. The normalized spacial score (nSPS) is 12.4. The first-order valence-electron chi connectivity index (χ1n) is 6.44. The van der Waals surface area contributed by atoms with Gasteiger partial charge < -0.3 is 14.6 Å². The van der Waals surface area contributed by atoms with E-state index in [1.165, 1.54) is 11.1 Å². The molecule has 5 nitrogen and oxygen atoms in total. The molecule has 1 unspecified atom stereocenters. The third kappa shape index (κ3) is 3.32. The highest BCUT2D eigenvalue weighted by Gasteiger charge is 2.16. The van der Waals surface area contributed by atoms with Gasteiger partial charge in [0, 0.05) is 24.4 Å². The van der Waals surface area contributed by atoms with Crippen LogP contribution in [0.4, 0.5) is 0 Å². The zero-order valence-electron chi connectivity index (χ0n) is 12.3. The summed E-state index contributed by atoms with van der Waals surface area (Å²) in [7, 11) is 5.62. The first-order valence-corrected chi connectivity index (χ1v) is 7.43. The van der Waals surface area contributed by atoms with Crippen molar-refractivity contribution in [3.8, 4) is 5.75 Å². The van der Waals surface area contributed by atoms with Crippen LogP contribution in [0, 0.1) is 6.92 Å². The van der Waals surface area contributed by atoms with Gasteiger partial charge in [-0.05, 0) is 20.0 Å². The highest BCUT2D eigenvalue weighted by molar-refractivity contribution is 7.99. The summed E-state index contributed by atoms with van der Waals surface area (Å²) in [5, 5.41) is 12.2. The predicted molar refractivity (Wildman–Crippen MR) is 81.3 cm³/mol. The minimum atomic E-state index is 0.201. The second-order valence-electron chi connectivity index (χ2n) is 4.62. The summed E-state index contributed by atoms with van der Waals surface area (Å²) in [6.07, 6.45) is 1.71. The van der Waals surface area contributed by atoms with E-state index in [4.69, 9.17) is 4.74 Å². The maximum atomic E-state index is 5.46. The number of ether oxygens (including phenoxy) is 1. The number of aromatic nitrogens is 3. The summed E-state index contributed by atoms with van der Waals surface area (Å²) in [5.74, 6) is 1.77. The minimum absolute atomic E-state index is 0.201. The van der Waals surface area contributed by atoms with E-state index in [9.17, 15) is 0 Å². The van der Waals surface area contributed by atoms with Gasteiger partial charge in [0.05, 0.1) is 7.11 Å². The lowest BCUT2D eigenvalue weighted by atomic mass is 10.0. The largest absolute Gasteiger partial charge is 0.496 e. The molecule has 1 N–H and O–H groups in total. The van der Waals surface area contributed by atoms with Crippen molar-refractivity contribution in [2.24, 2.45) is 7.05 Å². The molecule has 0 aliphatic heterocycles. The van der Waals surface area contributed by atoms with Crippen molar-refractivity contribution in [1.82, 2.24) is 20.1 Å². The monoisotopic (exact) mass is 292 g/mol. The molecular weight excluding hydrogens is 272 g/mol. The maximum Gasteiger partial charge on any atom is 0.190 e. The molecule has 0 spiro atoms. The molecule has 1 heterocycles. The summed E-state index contributed by atoms with van der Waals surface area (Å²) >= 11 is 1.68. The van der Waals surface area contributed by atoms with Crippen LogP contribution in [0.3, 0.4) is 0 Å². The zero-order valence-corrected chi connectivity index (χ0v) is 13.1. The van der Waals surface area contributed by atoms with E-state index >= 15 is 0 Å². The van der Waals surface area contributed by atoms with E-state index in [1.54, 1.807) is 25.2 Å². The van der Waals surface area contributed by atoms with Crippen LogP contribution in [0.1, 0.15) is 17.2 Å². The molecule has 0 radical (unpaired) electrons. The Morgan fingerprint density at radius 2 is 2.25 bits per heavy atom. The molecule has 1 aromatic heterocycles. The second kappa shape index (κ2) is 6.76. The fourth-order valence-corrected chi connectivity index (χ4v) is 3.03. The summed E-state index contributed by atoms with van der Waals surface area (Å²) in [5.41, 5.74) is 2.40. The van der Waals surface area contributed by atoms with E-state index in [0.29, 0.717) is 0 Å². The highest BCUT2D eigenvalue weighted by Crippen LogP contribution is 2.30. The van der Waals surface area contributed by atoms with Crippen molar-refractivity contribution in [2.75, 3.05) is 19.9 Å². The van der Waals surface area contributed by atoms with Gasteiger partial charge >= 0.3 is 0 Å². The number of nitrogens with zero attached hydrogens (tertiary/aromatic N) is 3. The van der Waals surface area contributed by atoms with Gasteiger partial charge in [-0.2, -0.15) is 0 Å². The van der Waals surface area contributed by atoms with Gasteiger partial charge in [-0.1, -0.05) is 29.5 Å². The Bertz CT molecular complexity index is 570. The van der Waals surface area contributed by atoms with E-state index < -0.39 is 0 Å². The molecule has 2 rings (SSSR count). The Labute approximate surface area is 123 Å². The van der Waals surface area contributed by atoms with Crippen LogP contribution >= 0.6 is 11.8 Å². The van der Waals surface area contributed by atoms with Crippen molar-refractivity contribution in [1.29, 1.82) is 0 Å². The van der Waals surface area contributed by atoms with Gasteiger partial charge in [0.25, 0.3) is 0 Å². The quantitative estimate of drug-likeness (QED) is 0.827. The van der Waals surface area contributed by atoms with Crippen LogP contribution in [0.25, 0.3) is 0 Å². The summed E-state index contributed by atoms with van der Waals surface area (Å²) < 4.78 is 7.38. The lowest BCUT2D eigenvalue weighted by Crippen LogP contribution is -2.20. The van der Waals surface area contributed by atoms with Gasteiger partial charge in [-0.15, -0.1) is 10.2 Å². The van der Waals surface area contributed by atoms with Gasteiger partial charge in [-0.3, -0.25) is 0 Å². The number of hydrogen-bond acceptors (Lipinski definition) is 5. The van der Waals surface area contributed by atoms with Crippen LogP contribution in [0.2, 0.25) is 0 Å². The Balaban J connectivity index is 2.16. The van der Waals surface area contributed by atoms with Crippen molar-refractivity contribution in [2.45, 2.75) is 18.1 Å². The first kappa shape index (κ1) is 14.9. The molecule has 0 aliphatic carbocycles. The Hall–Kier alpha value is -1.53. The van der Waals surface area contributed by atoms with Crippen LogP contribution in [0.15, 0.2) is 29.7 Å². The number of hydrogen-bond donors (Lipinski definition) is 1. The fourth-order valence-electron chi connectivity index (χ4n) is 2.02. The molecule has 20 heavy (non-hydrogen) atoms. The molecule has 0 aliphatic rings. The molecule has 0 amide bonds. The molecule has 108 valence electrons. The standard InChI is InChI=1S/C14H20N4OS/c1-10-5-6-13(19-4)11(7-10)12(15-2)8-20-14-17-16-9-18(14)3/h5-7,9,12,15H,8H2,1-4H3. The number of thioether (sulfide) groups is 1. The van der Waals surface area contributed by atoms with Crippen LogP contribution in [0.5, 0.6) is 5.75 Å². The molecule has 6 heteroatoms. The molecule has 2 aromatic rings. The van der Waals surface area contributed by atoms with E-state index in [2.05, 4.69) is 34.6 Å². The molecule has 0 saturated heterocycles. The molecular formula is C14H20N4OS. The molecule has 1 atom stereocenters. The smallest absolute Gasteiger partial charge is 0.190 e. The molecule has 0 bridgehead atoms. The fraction of sp³-hybridized carbons (Fsp3) is 0.429. The van der Waals surface area contributed by atoms with Crippen LogP contribution in [-0.2, 0) is 7.05 Å². The van der Waals surface area contributed by atoms with Crippen molar-refractivity contribution in [3.63, 3.8) is 0 Å². The second-order valence-corrected chi connectivity index (χ2v) is 5.61. The van der Waals surface area contributed by atoms with Crippen LogP contribution < -0.4 is 10.1 Å². The van der Waals surface area contributed by atoms with Gasteiger partial charge in [0.1, 0.15) is 12.1 Å². The van der Waals surface area contributed by atoms with Crippen molar-refractivity contribution >= 4 is 11.8 Å². The minimum Gasteiger partial charge on any atom is -0.496 e. The molecule has 0 saturated carbocycles. The number of rotatable bonds is 6. The molecule has 0 fully saturated rings. The Kier molecular flexibility index (Phi) is 5.03. The van der Waals surface area contributed by atoms with Gasteiger partial charge in [0.15, 0.2) is 5.16 Å². The summed E-state index contributed by atoms with van der Waals surface area (Å²) in [4.78, 5) is 0. The van der Waals surface area contributed by atoms with E-state index in [0.717, 1.165) is 16.7 Å². The number of aryl methyl sites for hydroxylation is 2. The van der Waals surface area contributed by atoms with Gasteiger partial charge in [-0.25, -0.2) is 0 Å². The average Bonchev–Trinajstić information content (AvgIpc) is 2.85. The summed E-state index contributed by atoms with van der Waals surface area (Å²) in [6, 6.07) is 6.44. The third-order valence-corrected chi connectivity index (χ3v) is 4.29. The lowest BCUT2D eigenvalue weighted by Gasteiger charge is -2.19. The van der Waals surface area contributed by atoms with E-state index in [1.807, 2.05) is 24.7 Å². The first-order chi connectivity index (χ1) is 9.65. The Morgan fingerprint density at radius 1 is 1.45 bits per heavy atom. The molecule has 1 aromatic carbocycles. The Morgan fingerprint density at radius 3 is 2.85 bits per heavy atom. The number of nitrogens with one attached hydrogen (secondary N) is 1. The number of methoxy groups -OCH3 is 1. The predicted octanol–water partition coefficient (Wildman–Crippen LogP) is 2.18. The third-order valence-electron chi connectivity index (χ3n) is 3.16. The van der Waals surface area contributed by atoms with Gasteiger partial charge in [0.2, 0.25) is 0 Å². The maximum absolute atomic E-state index is 5.46. The van der Waals surface area contributed by atoms with Crippen molar-refractivity contribution in [3.05, 3.63) is 35.7 Å². The zero-order chi connectivity index (χ0) is 14.5. The lowest BCUT2D eigenvalue weighted by molar-refractivity contribution is 0.404. The van der Waals surface area contributed by atoms with Crippen molar-refractivity contribution < 1.29 is 4.74 Å². The number of benzene rings is 1.